The molecular weight excluding hydrogens is 148 g/mol. The lowest BCUT2D eigenvalue weighted by Gasteiger charge is -2.35. The third-order valence-electron chi connectivity index (χ3n) is 2.63. The Morgan fingerprint density at radius 2 is 1.83 bits per heavy atom. The molecule has 0 saturated carbocycles. The summed E-state index contributed by atoms with van der Waals surface area (Å²) >= 11 is 0. The van der Waals surface area contributed by atoms with Crippen LogP contribution < -0.4 is 5.32 Å². The maximum atomic E-state index is 3.16. The van der Waals surface area contributed by atoms with Gasteiger partial charge in [-0.05, 0) is 26.4 Å². The summed E-state index contributed by atoms with van der Waals surface area (Å²) in [5.41, 5.74) is 0.377. The van der Waals surface area contributed by atoms with Crippen molar-refractivity contribution >= 4 is 0 Å². The monoisotopic (exact) mass is 172 g/mol. The van der Waals surface area contributed by atoms with E-state index in [1.807, 2.05) is 7.05 Å². The number of likely N-dealkylation sites (N-methyl/N-ethyl adjacent to an activating group) is 2. The van der Waals surface area contributed by atoms with Gasteiger partial charge in [0, 0.05) is 19.1 Å². The molecule has 0 aromatic heterocycles. The molecular formula is C10H24N2. The lowest BCUT2D eigenvalue weighted by atomic mass is 9.87. The standard InChI is InChI=1S/C10H24N2/c1-9(10(2,3)4)12(6)8-7-11-5/h9,11H,7-8H2,1-6H3. The molecule has 0 saturated heterocycles. The Kier molecular flexibility index (Phi) is 4.80. The van der Waals surface area contributed by atoms with Crippen molar-refractivity contribution < 1.29 is 0 Å². The van der Waals surface area contributed by atoms with Gasteiger partial charge in [0.2, 0.25) is 0 Å². The van der Waals surface area contributed by atoms with E-state index in [4.69, 9.17) is 0 Å². The van der Waals surface area contributed by atoms with Crippen LogP contribution in [0.4, 0.5) is 0 Å². The summed E-state index contributed by atoms with van der Waals surface area (Å²) in [6.07, 6.45) is 0. The molecule has 0 heterocycles. The minimum atomic E-state index is 0.377. The van der Waals surface area contributed by atoms with Gasteiger partial charge in [0.25, 0.3) is 0 Å². The van der Waals surface area contributed by atoms with E-state index in [1.165, 1.54) is 0 Å². The second kappa shape index (κ2) is 4.83. The fourth-order valence-corrected chi connectivity index (χ4v) is 1.14. The molecule has 1 unspecified atom stereocenters. The Bertz CT molecular complexity index is 115. The molecule has 0 aromatic carbocycles. The molecule has 0 radical (unpaired) electrons. The van der Waals surface area contributed by atoms with Gasteiger partial charge in [0.15, 0.2) is 0 Å². The molecule has 2 nitrogen and oxygen atoms in total. The SMILES string of the molecule is CNCCN(C)C(C)C(C)(C)C. The van der Waals surface area contributed by atoms with Crippen molar-refractivity contribution in [1.82, 2.24) is 10.2 Å². The van der Waals surface area contributed by atoms with Gasteiger partial charge in [-0.15, -0.1) is 0 Å². The molecule has 0 aliphatic rings. The molecule has 0 aromatic rings. The van der Waals surface area contributed by atoms with E-state index in [-0.39, 0.29) is 0 Å². The minimum absolute atomic E-state index is 0.377. The third kappa shape index (κ3) is 4.07. The second-order valence-electron chi connectivity index (χ2n) is 4.63. The molecule has 1 atom stereocenters. The summed E-state index contributed by atoms with van der Waals surface area (Å²) < 4.78 is 0. The topological polar surface area (TPSA) is 15.3 Å². The van der Waals surface area contributed by atoms with Crippen molar-refractivity contribution in [2.75, 3.05) is 27.2 Å². The fourth-order valence-electron chi connectivity index (χ4n) is 1.14. The molecule has 74 valence electrons. The number of hydrogen-bond donors (Lipinski definition) is 1. The first-order chi connectivity index (χ1) is 5.39. The summed E-state index contributed by atoms with van der Waals surface area (Å²) in [6, 6.07) is 0.630. The van der Waals surface area contributed by atoms with Crippen LogP contribution in [0.1, 0.15) is 27.7 Å². The second-order valence-corrected chi connectivity index (χ2v) is 4.63. The molecule has 0 aliphatic carbocycles. The first-order valence-corrected chi connectivity index (χ1v) is 4.74. The smallest absolute Gasteiger partial charge is 0.0113 e. The van der Waals surface area contributed by atoms with Crippen LogP contribution in [0.25, 0.3) is 0 Å². The van der Waals surface area contributed by atoms with E-state index in [9.17, 15) is 0 Å². The number of hydrogen-bond acceptors (Lipinski definition) is 2. The van der Waals surface area contributed by atoms with E-state index < -0.39 is 0 Å². The molecule has 0 amide bonds. The van der Waals surface area contributed by atoms with E-state index in [1.54, 1.807) is 0 Å². The zero-order valence-electron chi connectivity index (χ0n) is 9.44. The Labute approximate surface area is 77.3 Å². The molecule has 0 bridgehead atoms. The predicted octanol–water partition coefficient (Wildman–Crippen LogP) is 1.57. The van der Waals surface area contributed by atoms with Crippen LogP contribution in [-0.2, 0) is 0 Å². The highest BCUT2D eigenvalue weighted by Crippen LogP contribution is 2.22. The van der Waals surface area contributed by atoms with Crippen molar-refractivity contribution in [3.05, 3.63) is 0 Å². The summed E-state index contributed by atoms with van der Waals surface area (Å²) in [5, 5.41) is 3.16. The van der Waals surface area contributed by atoms with E-state index in [2.05, 4.69) is 45.0 Å². The van der Waals surface area contributed by atoms with E-state index in [0.717, 1.165) is 13.1 Å². The third-order valence-corrected chi connectivity index (χ3v) is 2.63. The van der Waals surface area contributed by atoms with Crippen molar-refractivity contribution in [2.24, 2.45) is 5.41 Å². The predicted molar refractivity (Wildman–Crippen MR) is 55.5 cm³/mol. The van der Waals surface area contributed by atoms with E-state index in [0.29, 0.717) is 11.5 Å². The van der Waals surface area contributed by atoms with Gasteiger partial charge in [-0.3, -0.25) is 0 Å². The molecule has 1 N–H and O–H groups in total. The van der Waals surface area contributed by atoms with Gasteiger partial charge < -0.3 is 10.2 Å². The van der Waals surface area contributed by atoms with Crippen LogP contribution in [0.2, 0.25) is 0 Å². The van der Waals surface area contributed by atoms with Gasteiger partial charge in [-0.1, -0.05) is 20.8 Å². The zero-order chi connectivity index (χ0) is 9.78. The largest absolute Gasteiger partial charge is 0.318 e. The van der Waals surface area contributed by atoms with Crippen LogP contribution >= 0.6 is 0 Å². The number of rotatable bonds is 4. The summed E-state index contributed by atoms with van der Waals surface area (Å²) in [6.45, 7) is 11.3. The highest BCUT2D eigenvalue weighted by molar-refractivity contribution is 4.77. The summed E-state index contributed by atoms with van der Waals surface area (Å²) in [5.74, 6) is 0. The van der Waals surface area contributed by atoms with Gasteiger partial charge >= 0.3 is 0 Å². The molecule has 0 rings (SSSR count). The normalized spacial score (nSPS) is 15.2. The quantitative estimate of drug-likeness (QED) is 0.692. The van der Waals surface area contributed by atoms with Gasteiger partial charge in [-0.25, -0.2) is 0 Å². The molecule has 0 aliphatic heterocycles. The Morgan fingerprint density at radius 3 is 2.17 bits per heavy atom. The van der Waals surface area contributed by atoms with Crippen LogP contribution in [-0.4, -0.2) is 38.1 Å². The van der Waals surface area contributed by atoms with Gasteiger partial charge in [-0.2, -0.15) is 0 Å². The summed E-state index contributed by atoms with van der Waals surface area (Å²) in [7, 11) is 4.18. The van der Waals surface area contributed by atoms with Crippen LogP contribution in [0.5, 0.6) is 0 Å². The highest BCUT2D eigenvalue weighted by atomic mass is 15.1. The van der Waals surface area contributed by atoms with Gasteiger partial charge in [0.1, 0.15) is 0 Å². The fraction of sp³-hybridized carbons (Fsp3) is 1.00. The van der Waals surface area contributed by atoms with Crippen molar-refractivity contribution in [1.29, 1.82) is 0 Å². The molecule has 12 heavy (non-hydrogen) atoms. The average molecular weight is 172 g/mol. The first-order valence-electron chi connectivity index (χ1n) is 4.74. The van der Waals surface area contributed by atoms with Crippen LogP contribution in [0.3, 0.4) is 0 Å². The maximum Gasteiger partial charge on any atom is 0.0113 e. The highest BCUT2D eigenvalue weighted by Gasteiger charge is 2.22. The summed E-state index contributed by atoms with van der Waals surface area (Å²) in [4.78, 5) is 2.40. The van der Waals surface area contributed by atoms with Crippen LogP contribution in [0.15, 0.2) is 0 Å². The van der Waals surface area contributed by atoms with E-state index >= 15 is 0 Å². The molecule has 0 fully saturated rings. The van der Waals surface area contributed by atoms with Crippen LogP contribution in [0, 0.1) is 5.41 Å². The lowest BCUT2D eigenvalue weighted by molar-refractivity contribution is 0.142. The molecule has 0 spiro atoms. The Balaban J connectivity index is 3.84. The van der Waals surface area contributed by atoms with Crippen molar-refractivity contribution in [2.45, 2.75) is 33.7 Å². The van der Waals surface area contributed by atoms with Gasteiger partial charge in [0.05, 0.1) is 0 Å². The first kappa shape index (κ1) is 11.9. The average Bonchev–Trinajstić information content (AvgIpc) is 1.97. The molecule has 2 heteroatoms. The van der Waals surface area contributed by atoms with Crippen molar-refractivity contribution in [3.8, 4) is 0 Å². The number of nitrogens with one attached hydrogen (secondary N) is 1. The Hall–Kier alpha value is -0.0800. The minimum Gasteiger partial charge on any atom is -0.318 e. The zero-order valence-corrected chi connectivity index (χ0v) is 9.44. The Morgan fingerprint density at radius 1 is 1.33 bits per heavy atom. The van der Waals surface area contributed by atoms with Crippen molar-refractivity contribution in [3.63, 3.8) is 0 Å². The number of nitrogens with zero attached hydrogens (tertiary/aromatic N) is 1. The lowest BCUT2D eigenvalue weighted by Crippen LogP contribution is -2.42. The maximum absolute atomic E-state index is 3.16.